The summed E-state index contributed by atoms with van der Waals surface area (Å²) in [5.41, 5.74) is 6.04. The molecule has 0 saturated carbocycles. The summed E-state index contributed by atoms with van der Waals surface area (Å²) in [6, 6.07) is 5.43. The van der Waals surface area contributed by atoms with Gasteiger partial charge in [0.25, 0.3) is 5.56 Å². The Morgan fingerprint density at radius 1 is 1.45 bits per heavy atom. The Labute approximate surface area is 66.6 Å². The van der Waals surface area contributed by atoms with Gasteiger partial charge in [0.15, 0.2) is 0 Å². The molecule has 0 unspecified atom stereocenters. The van der Waals surface area contributed by atoms with Crippen molar-refractivity contribution >= 4 is 27.3 Å². The van der Waals surface area contributed by atoms with Crippen molar-refractivity contribution in [2.24, 2.45) is 0 Å². The summed E-state index contributed by atoms with van der Waals surface area (Å²) >= 11 is 1.31. The molecule has 1 heterocycles. The number of fused-ring (bicyclic) bond motifs is 1. The fourth-order valence-electron chi connectivity index (χ4n) is 1.03. The lowest BCUT2D eigenvalue weighted by Gasteiger charge is -1.90. The first-order valence-electron chi connectivity index (χ1n) is 3.15. The first-order chi connectivity index (χ1) is 5.29. The molecule has 0 aliphatic rings. The molecule has 0 radical (unpaired) electrons. The molecule has 3 N–H and O–H groups in total. The van der Waals surface area contributed by atoms with Crippen LogP contribution in [-0.4, -0.2) is 4.37 Å². The van der Waals surface area contributed by atoms with Gasteiger partial charge in [0.2, 0.25) is 0 Å². The molecule has 0 fully saturated rings. The van der Waals surface area contributed by atoms with Crippen LogP contribution in [0.5, 0.6) is 0 Å². The van der Waals surface area contributed by atoms with Crippen LogP contribution >= 0.6 is 11.5 Å². The van der Waals surface area contributed by atoms with Gasteiger partial charge in [-0.2, -0.15) is 0 Å². The van der Waals surface area contributed by atoms with E-state index in [9.17, 15) is 4.79 Å². The minimum Gasteiger partial charge on any atom is -0.398 e. The zero-order valence-corrected chi connectivity index (χ0v) is 6.44. The third-order valence-corrected chi connectivity index (χ3v) is 2.39. The summed E-state index contributed by atoms with van der Waals surface area (Å²) in [5.74, 6) is 0. The molecule has 0 aliphatic carbocycles. The molecular weight excluding hydrogens is 160 g/mol. The van der Waals surface area contributed by atoms with Crippen LogP contribution in [0, 0.1) is 0 Å². The molecule has 0 bridgehead atoms. The molecule has 0 spiro atoms. The first kappa shape index (κ1) is 6.42. The molecule has 1 aromatic carbocycles. The van der Waals surface area contributed by atoms with E-state index in [1.54, 1.807) is 6.07 Å². The number of nitrogens with one attached hydrogen (secondary N) is 1. The van der Waals surface area contributed by atoms with Crippen LogP contribution < -0.4 is 11.3 Å². The van der Waals surface area contributed by atoms with Crippen LogP contribution in [0.2, 0.25) is 0 Å². The highest BCUT2D eigenvalue weighted by atomic mass is 32.1. The topological polar surface area (TPSA) is 58.9 Å². The van der Waals surface area contributed by atoms with Gasteiger partial charge in [-0.05, 0) is 12.1 Å². The fraction of sp³-hybridized carbons (Fsp3) is 0. The van der Waals surface area contributed by atoms with Crippen molar-refractivity contribution in [3.05, 3.63) is 28.6 Å². The van der Waals surface area contributed by atoms with Crippen LogP contribution in [0.15, 0.2) is 23.0 Å². The molecule has 11 heavy (non-hydrogen) atoms. The highest BCUT2D eigenvalue weighted by molar-refractivity contribution is 7.13. The molecule has 0 aliphatic heterocycles. The summed E-state index contributed by atoms with van der Waals surface area (Å²) in [6.45, 7) is 0. The van der Waals surface area contributed by atoms with Crippen molar-refractivity contribution < 1.29 is 0 Å². The van der Waals surface area contributed by atoms with Crippen molar-refractivity contribution in [3.63, 3.8) is 0 Å². The van der Waals surface area contributed by atoms with E-state index in [1.165, 1.54) is 11.5 Å². The smallest absolute Gasteiger partial charge is 0.268 e. The van der Waals surface area contributed by atoms with Gasteiger partial charge in [-0.15, -0.1) is 0 Å². The van der Waals surface area contributed by atoms with Crippen LogP contribution in [-0.2, 0) is 0 Å². The molecule has 0 saturated heterocycles. The van der Waals surface area contributed by atoms with Crippen molar-refractivity contribution in [2.75, 3.05) is 5.73 Å². The van der Waals surface area contributed by atoms with E-state index in [-0.39, 0.29) is 5.56 Å². The van der Waals surface area contributed by atoms with Crippen molar-refractivity contribution in [3.8, 4) is 0 Å². The number of nitrogen functional groups attached to an aromatic ring is 1. The van der Waals surface area contributed by atoms with Crippen LogP contribution in [0.3, 0.4) is 0 Å². The van der Waals surface area contributed by atoms with Crippen LogP contribution in [0.1, 0.15) is 0 Å². The second-order valence-corrected chi connectivity index (χ2v) is 3.10. The summed E-state index contributed by atoms with van der Waals surface area (Å²) in [5, 5.41) is 0.609. The van der Waals surface area contributed by atoms with Gasteiger partial charge < -0.3 is 5.73 Å². The van der Waals surface area contributed by atoms with E-state index in [1.807, 2.05) is 12.1 Å². The second-order valence-electron chi connectivity index (χ2n) is 2.25. The van der Waals surface area contributed by atoms with Gasteiger partial charge in [-0.1, -0.05) is 17.6 Å². The molecule has 0 amide bonds. The van der Waals surface area contributed by atoms with Crippen molar-refractivity contribution in [1.82, 2.24) is 4.37 Å². The predicted molar refractivity (Wildman–Crippen MR) is 46.9 cm³/mol. The number of rotatable bonds is 0. The molecule has 1 aromatic heterocycles. The van der Waals surface area contributed by atoms with Gasteiger partial charge in [0, 0.05) is 5.69 Å². The maximum absolute atomic E-state index is 11.1. The van der Waals surface area contributed by atoms with Crippen LogP contribution in [0.4, 0.5) is 5.69 Å². The third kappa shape index (κ3) is 0.832. The van der Waals surface area contributed by atoms with E-state index < -0.39 is 0 Å². The lowest BCUT2D eigenvalue weighted by atomic mass is 10.2. The van der Waals surface area contributed by atoms with E-state index in [0.717, 1.165) is 4.70 Å². The Morgan fingerprint density at radius 3 is 3.00 bits per heavy atom. The van der Waals surface area contributed by atoms with E-state index >= 15 is 0 Å². The van der Waals surface area contributed by atoms with Gasteiger partial charge in [0.1, 0.15) is 0 Å². The predicted octanol–water partition coefficient (Wildman–Crippen LogP) is 1.17. The van der Waals surface area contributed by atoms with Crippen molar-refractivity contribution in [1.29, 1.82) is 0 Å². The van der Waals surface area contributed by atoms with Crippen LogP contribution in [0.25, 0.3) is 10.1 Å². The quantitative estimate of drug-likeness (QED) is 0.577. The van der Waals surface area contributed by atoms with Gasteiger partial charge >= 0.3 is 0 Å². The molecule has 56 valence electrons. The lowest BCUT2D eigenvalue weighted by molar-refractivity contribution is 1.46. The summed E-state index contributed by atoms with van der Waals surface area (Å²) in [4.78, 5) is 11.1. The monoisotopic (exact) mass is 166 g/mol. The SMILES string of the molecule is Nc1cccc2s[nH]c(=O)c12. The van der Waals surface area contributed by atoms with Gasteiger partial charge in [-0.25, -0.2) is 0 Å². The Morgan fingerprint density at radius 2 is 2.27 bits per heavy atom. The Bertz CT molecular complexity index is 443. The van der Waals surface area contributed by atoms with E-state index in [0.29, 0.717) is 11.1 Å². The van der Waals surface area contributed by atoms with E-state index in [4.69, 9.17) is 5.73 Å². The maximum atomic E-state index is 11.1. The number of H-pyrrole nitrogens is 1. The standard InChI is InChI=1S/C7H6N2OS/c8-4-2-1-3-5-6(4)7(10)9-11-5/h1-3H,8H2,(H,9,10). The highest BCUT2D eigenvalue weighted by Crippen LogP contribution is 2.18. The van der Waals surface area contributed by atoms with E-state index in [2.05, 4.69) is 4.37 Å². The van der Waals surface area contributed by atoms with Gasteiger partial charge in [-0.3, -0.25) is 9.17 Å². The molecule has 2 rings (SSSR count). The minimum atomic E-state index is -0.0944. The average molecular weight is 166 g/mol. The summed E-state index contributed by atoms with van der Waals surface area (Å²) < 4.78 is 3.54. The van der Waals surface area contributed by atoms with Crippen molar-refractivity contribution in [2.45, 2.75) is 0 Å². The molecular formula is C7H6N2OS. The molecule has 2 aromatic rings. The maximum Gasteiger partial charge on any atom is 0.268 e. The lowest BCUT2D eigenvalue weighted by Crippen LogP contribution is -1.99. The number of hydrogen-bond donors (Lipinski definition) is 2. The Hall–Kier alpha value is -1.29. The zero-order valence-electron chi connectivity index (χ0n) is 5.63. The number of benzene rings is 1. The number of nitrogens with two attached hydrogens (primary N) is 1. The Balaban J connectivity index is 3.08. The largest absolute Gasteiger partial charge is 0.398 e. The summed E-state index contributed by atoms with van der Waals surface area (Å²) in [6.07, 6.45) is 0. The highest BCUT2D eigenvalue weighted by Gasteiger charge is 2.02. The molecule has 3 nitrogen and oxygen atoms in total. The number of aromatic amines is 1. The normalized spacial score (nSPS) is 10.5. The summed E-state index contributed by atoms with van der Waals surface area (Å²) in [7, 11) is 0. The fourth-order valence-corrected chi connectivity index (χ4v) is 1.79. The van der Waals surface area contributed by atoms with Gasteiger partial charge in [0.05, 0.1) is 10.1 Å². The first-order valence-corrected chi connectivity index (χ1v) is 3.96. The minimum absolute atomic E-state index is 0.0944. The third-order valence-electron chi connectivity index (χ3n) is 1.54. The number of aromatic nitrogens is 1. The Kier molecular flexibility index (Phi) is 1.22. The second kappa shape index (κ2) is 2.10. The number of hydrogen-bond acceptors (Lipinski definition) is 3. The number of anilines is 1. The zero-order chi connectivity index (χ0) is 7.84. The molecule has 4 heteroatoms. The average Bonchev–Trinajstić information content (AvgIpc) is 2.34. The molecule has 0 atom stereocenters.